The van der Waals surface area contributed by atoms with Crippen molar-refractivity contribution in [3.05, 3.63) is 29.8 Å². The third-order valence-electron chi connectivity index (χ3n) is 3.22. The number of ether oxygens (including phenoxy) is 1. The number of likely N-dealkylation sites (N-methyl/N-ethyl adjacent to an activating group) is 1. The van der Waals surface area contributed by atoms with Crippen LogP contribution in [0.1, 0.15) is 24.3 Å². The van der Waals surface area contributed by atoms with Crippen LogP contribution in [-0.2, 0) is 0 Å². The predicted octanol–water partition coefficient (Wildman–Crippen LogP) is 2.40. The Kier molecular flexibility index (Phi) is 4.00. The average molecular weight is 230 g/mol. The average Bonchev–Trinajstić information content (AvgIpc) is 2.37. The third kappa shape index (κ3) is 2.98. The lowest BCUT2D eigenvalue weighted by Gasteiger charge is -2.29. The van der Waals surface area contributed by atoms with Crippen LogP contribution in [0, 0.1) is 11.3 Å². The van der Waals surface area contributed by atoms with Crippen molar-refractivity contribution in [3.8, 4) is 11.8 Å². The summed E-state index contributed by atoms with van der Waals surface area (Å²) >= 11 is 0. The molecule has 0 fully saturated rings. The van der Waals surface area contributed by atoms with Gasteiger partial charge in [-0.15, -0.1) is 0 Å². The molecular formula is C14H18N2O. The summed E-state index contributed by atoms with van der Waals surface area (Å²) in [6, 6.07) is 10.5. The smallest absolute Gasteiger partial charge is 0.122 e. The predicted molar refractivity (Wildman–Crippen MR) is 67.0 cm³/mol. The maximum atomic E-state index is 8.58. The van der Waals surface area contributed by atoms with Crippen molar-refractivity contribution >= 4 is 0 Å². The summed E-state index contributed by atoms with van der Waals surface area (Å²) in [7, 11) is 2.08. The molecular weight excluding hydrogens is 212 g/mol. The van der Waals surface area contributed by atoms with Crippen LogP contribution in [0.2, 0.25) is 0 Å². The van der Waals surface area contributed by atoms with Gasteiger partial charge in [-0.2, -0.15) is 5.26 Å². The third-order valence-corrected chi connectivity index (χ3v) is 3.22. The summed E-state index contributed by atoms with van der Waals surface area (Å²) in [5, 5.41) is 8.58. The molecule has 1 unspecified atom stereocenters. The van der Waals surface area contributed by atoms with Crippen molar-refractivity contribution in [2.45, 2.75) is 18.8 Å². The Hall–Kier alpha value is -1.53. The first-order chi connectivity index (χ1) is 8.31. The van der Waals surface area contributed by atoms with Crippen LogP contribution in [0.25, 0.3) is 0 Å². The first-order valence-electron chi connectivity index (χ1n) is 6.08. The molecule has 90 valence electrons. The summed E-state index contributed by atoms with van der Waals surface area (Å²) < 4.78 is 5.65. The molecule has 1 aromatic rings. The molecule has 1 heterocycles. The molecule has 0 amide bonds. The van der Waals surface area contributed by atoms with Gasteiger partial charge in [0.15, 0.2) is 0 Å². The van der Waals surface area contributed by atoms with Gasteiger partial charge in [0.05, 0.1) is 12.7 Å². The standard InChI is InChI=1S/C14H18N2O/c1-16(9-4-8-15)11-12-7-10-17-14-6-3-2-5-13(12)14/h2-3,5-6,12H,4,7,9-11H2,1H3. The Morgan fingerprint density at radius 1 is 1.47 bits per heavy atom. The summed E-state index contributed by atoms with van der Waals surface area (Å²) in [6.45, 7) is 2.64. The Morgan fingerprint density at radius 2 is 2.29 bits per heavy atom. The van der Waals surface area contributed by atoms with E-state index in [9.17, 15) is 0 Å². The Morgan fingerprint density at radius 3 is 3.12 bits per heavy atom. The van der Waals surface area contributed by atoms with Crippen molar-refractivity contribution in [1.82, 2.24) is 4.90 Å². The SMILES string of the molecule is CN(CCC#N)CC1CCOc2ccccc21. The maximum Gasteiger partial charge on any atom is 0.122 e. The molecule has 0 radical (unpaired) electrons. The van der Waals surface area contributed by atoms with E-state index in [2.05, 4.69) is 30.1 Å². The summed E-state index contributed by atoms with van der Waals surface area (Å²) in [5.41, 5.74) is 1.31. The van der Waals surface area contributed by atoms with E-state index in [-0.39, 0.29) is 0 Å². The molecule has 0 aliphatic carbocycles. The van der Waals surface area contributed by atoms with Gasteiger partial charge < -0.3 is 9.64 Å². The van der Waals surface area contributed by atoms with Crippen LogP contribution in [0.3, 0.4) is 0 Å². The van der Waals surface area contributed by atoms with Crippen LogP contribution in [-0.4, -0.2) is 31.6 Å². The molecule has 1 aromatic carbocycles. The van der Waals surface area contributed by atoms with Gasteiger partial charge in [0, 0.05) is 25.4 Å². The minimum Gasteiger partial charge on any atom is -0.493 e. The highest BCUT2D eigenvalue weighted by Crippen LogP contribution is 2.33. The lowest BCUT2D eigenvalue weighted by Crippen LogP contribution is -2.28. The molecule has 1 aliphatic rings. The minimum atomic E-state index is 0.531. The van der Waals surface area contributed by atoms with Crippen molar-refractivity contribution in [2.24, 2.45) is 0 Å². The quantitative estimate of drug-likeness (QED) is 0.797. The second-order valence-electron chi connectivity index (χ2n) is 4.54. The molecule has 0 aromatic heterocycles. The lowest BCUT2D eigenvalue weighted by atomic mass is 9.93. The molecule has 0 N–H and O–H groups in total. The number of fused-ring (bicyclic) bond motifs is 1. The van der Waals surface area contributed by atoms with Crippen molar-refractivity contribution < 1.29 is 4.74 Å². The normalized spacial score (nSPS) is 18.3. The zero-order chi connectivity index (χ0) is 12.1. The molecule has 0 spiro atoms. The summed E-state index contributed by atoms with van der Waals surface area (Å²) in [6.07, 6.45) is 1.66. The maximum absolute atomic E-state index is 8.58. The molecule has 0 bridgehead atoms. The molecule has 0 saturated heterocycles. The molecule has 3 heteroatoms. The molecule has 1 atom stereocenters. The fraction of sp³-hybridized carbons (Fsp3) is 0.500. The van der Waals surface area contributed by atoms with Crippen LogP contribution in [0.15, 0.2) is 24.3 Å². The lowest BCUT2D eigenvalue weighted by molar-refractivity contribution is 0.233. The van der Waals surface area contributed by atoms with E-state index in [4.69, 9.17) is 10.00 Å². The number of hydrogen-bond donors (Lipinski definition) is 0. The fourth-order valence-electron chi connectivity index (χ4n) is 2.31. The molecule has 3 nitrogen and oxygen atoms in total. The zero-order valence-electron chi connectivity index (χ0n) is 10.2. The van der Waals surface area contributed by atoms with Gasteiger partial charge >= 0.3 is 0 Å². The van der Waals surface area contributed by atoms with Crippen LogP contribution >= 0.6 is 0 Å². The second kappa shape index (κ2) is 5.70. The van der Waals surface area contributed by atoms with Gasteiger partial charge in [0.2, 0.25) is 0 Å². The first-order valence-corrected chi connectivity index (χ1v) is 6.08. The van der Waals surface area contributed by atoms with Gasteiger partial charge in [0.1, 0.15) is 5.75 Å². The molecule has 1 aliphatic heterocycles. The van der Waals surface area contributed by atoms with Gasteiger partial charge in [-0.3, -0.25) is 0 Å². The summed E-state index contributed by atoms with van der Waals surface area (Å²) in [5.74, 6) is 1.56. The Labute approximate surface area is 103 Å². The molecule has 0 saturated carbocycles. The van der Waals surface area contributed by atoms with E-state index >= 15 is 0 Å². The number of benzene rings is 1. The Balaban J connectivity index is 2.01. The fourth-order valence-corrected chi connectivity index (χ4v) is 2.31. The van der Waals surface area contributed by atoms with Crippen LogP contribution in [0.4, 0.5) is 0 Å². The van der Waals surface area contributed by atoms with E-state index < -0.39 is 0 Å². The first kappa shape index (κ1) is 11.9. The van der Waals surface area contributed by atoms with E-state index in [1.54, 1.807) is 0 Å². The number of nitriles is 1. The van der Waals surface area contributed by atoms with E-state index in [0.29, 0.717) is 12.3 Å². The highest BCUT2D eigenvalue weighted by molar-refractivity contribution is 5.37. The summed E-state index contributed by atoms with van der Waals surface area (Å²) in [4.78, 5) is 2.23. The van der Waals surface area contributed by atoms with E-state index in [1.807, 2.05) is 12.1 Å². The van der Waals surface area contributed by atoms with Crippen molar-refractivity contribution in [2.75, 3.05) is 26.7 Å². The van der Waals surface area contributed by atoms with Gasteiger partial charge in [-0.1, -0.05) is 18.2 Å². The van der Waals surface area contributed by atoms with Gasteiger partial charge in [-0.25, -0.2) is 0 Å². The van der Waals surface area contributed by atoms with Crippen molar-refractivity contribution in [1.29, 1.82) is 5.26 Å². The van der Waals surface area contributed by atoms with E-state index in [0.717, 1.165) is 31.9 Å². The van der Waals surface area contributed by atoms with Gasteiger partial charge in [0.25, 0.3) is 0 Å². The largest absolute Gasteiger partial charge is 0.493 e. The number of nitrogens with zero attached hydrogens (tertiary/aromatic N) is 2. The van der Waals surface area contributed by atoms with Crippen molar-refractivity contribution in [3.63, 3.8) is 0 Å². The second-order valence-corrected chi connectivity index (χ2v) is 4.54. The minimum absolute atomic E-state index is 0.531. The number of para-hydroxylation sites is 1. The zero-order valence-corrected chi connectivity index (χ0v) is 10.2. The molecule has 17 heavy (non-hydrogen) atoms. The highest BCUT2D eigenvalue weighted by Gasteiger charge is 2.21. The number of rotatable bonds is 4. The highest BCUT2D eigenvalue weighted by atomic mass is 16.5. The van der Waals surface area contributed by atoms with Crippen LogP contribution < -0.4 is 4.74 Å². The monoisotopic (exact) mass is 230 g/mol. The number of hydrogen-bond acceptors (Lipinski definition) is 3. The van der Waals surface area contributed by atoms with Crippen LogP contribution in [0.5, 0.6) is 5.75 Å². The Bertz CT molecular complexity index is 411. The van der Waals surface area contributed by atoms with Gasteiger partial charge in [-0.05, 0) is 25.1 Å². The van der Waals surface area contributed by atoms with E-state index in [1.165, 1.54) is 5.56 Å². The molecule has 2 rings (SSSR count). The topological polar surface area (TPSA) is 36.3 Å².